The predicted octanol–water partition coefficient (Wildman–Crippen LogP) is 17.5. The number of unbranched alkanes of at least 4 members (excludes halogenated alkanes) is 36. The van der Waals surface area contributed by atoms with Crippen LogP contribution in [0.3, 0.4) is 0 Å². The molecule has 0 aliphatic carbocycles. The van der Waals surface area contributed by atoms with E-state index in [2.05, 4.69) is 27.7 Å². The molecule has 0 N–H and O–H groups in total. The highest BCUT2D eigenvalue weighted by Gasteiger charge is 2.19. The van der Waals surface area contributed by atoms with Crippen molar-refractivity contribution >= 4 is 17.9 Å². The SMILES string of the molecule is CCCCCCCCCCCCCCCCCCC(=O)O[C@H](COC(=O)CCCCCCCCCCC)COC(=O)CCCCCCCCCCCCCCCCC(C)C. The van der Waals surface area contributed by atoms with Gasteiger partial charge in [-0.1, -0.05) is 265 Å². The van der Waals surface area contributed by atoms with Gasteiger partial charge >= 0.3 is 17.9 Å². The van der Waals surface area contributed by atoms with Gasteiger partial charge < -0.3 is 14.2 Å². The van der Waals surface area contributed by atoms with Crippen molar-refractivity contribution in [2.75, 3.05) is 13.2 Å². The summed E-state index contributed by atoms with van der Waals surface area (Å²) >= 11 is 0. The number of rotatable bonds is 49. The summed E-state index contributed by atoms with van der Waals surface area (Å²) in [5, 5.41) is 0. The molecule has 1 atom stereocenters. The number of hydrogen-bond acceptors (Lipinski definition) is 6. The van der Waals surface area contributed by atoms with Crippen molar-refractivity contribution in [3.8, 4) is 0 Å². The van der Waals surface area contributed by atoms with Crippen molar-refractivity contribution in [1.29, 1.82) is 0 Å². The first-order valence-corrected chi connectivity index (χ1v) is 26.9. The fourth-order valence-electron chi connectivity index (χ4n) is 8.22. The Morgan fingerprint density at radius 3 is 0.817 bits per heavy atom. The maximum atomic E-state index is 12.8. The van der Waals surface area contributed by atoms with Crippen LogP contribution in [-0.4, -0.2) is 37.2 Å². The first-order chi connectivity index (χ1) is 29.4. The highest BCUT2D eigenvalue weighted by molar-refractivity contribution is 5.71. The van der Waals surface area contributed by atoms with Gasteiger partial charge in [0.05, 0.1) is 0 Å². The van der Waals surface area contributed by atoms with E-state index in [1.165, 1.54) is 199 Å². The summed E-state index contributed by atoms with van der Waals surface area (Å²) < 4.78 is 16.8. The zero-order valence-corrected chi connectivity index (χ0v) is 40.9. The van der Waals surface area contributed by atoms with E-state index in [0.717, 1.165) is 63.7 Å². The smallest absolute Gasteiger partial charge is 0.306 e. The van der Waals surface area contributed by atoms with E-state index < -0.39 is 6.10 Å². The molecule has 0 spiro atoms. The standard InChI is InChI=1S/C54H104O6/c1-5-7-9-11-13-15-16-17-18-19-24-27-31-35-39-43-47-54(57)60-51(48-58-52(55)45-41-37-33-28-14-12-10-8-6-2)49-59-53(56)46-42-38-34-30-26-23-21-20-22-25-29-32-36-40-44-50(3)4/h50-51H,5-49H2,1-4H3/t51-/m1/s1. The monoisotopic (exact) mass is 849 g/mol. The maximum absolute atomic E-state index is 12.8. The van der Waals surface area contributed by atoms with Crippen molar-refractivity contribution in [3.63, 3.8) is 0 Å². The second-order valence-corrected chi connectivity index (χ2v) is 19.0. The lowest BCUT2D eigenvalue weighted by molar-refractivity contribution is -0.167. The summed E-state index contributed by atoms with van der Waals surface area (Å²) in [5.74, 6) is 0.00114. The lowest BCUT2D eigenvalue weighted by atomic mass is 10.0. The summed E-state index contributed by atoms with van der Waals surface area (Å²) in [7, 11) is 0. The Bertz CT molecular complexity index is 903. The van der Waals surface area contributed by atoms with Crippen LogP contribution in [0.15, 0.2) is 0 Å². The van der Waals surface area contributed by atoms with Crippen LogP contribution in [0.4, 0.5) is 0 Å². The molecule has 0 fully saturated rings. The van der Waals surface area contributed by atoms with Crippen LogP contribution in [-0.2, 0) is 28.6 Å². The normalized spacial score (nSPS) is 11.9. The van der Waals surface area contributed by atoms with Gasteiger partial charge in [0, 0.05) is 19.3 Å². The Kier molecular flexibility index (Phi) is 47.2. The van der Waals surface area contributed by atoms with E-state index >= 15 is 0 Å². The molecule has 60 heavy (non-hydrogen) atoms. The average molecular weight is 849 g/mol. The molecule has 0 saturated heterocycles. The minimum absolute atomic E-state index is 0.0625. The molecule has 0 unspecified atom stereocenters. The molecule has 0 bridgehead atoms. The topological polar surface area (TPSA) is 78.9 Å². The maximum Gasteiger partial charge on any atom is 0.306 e. The first kappa shape index (κ1) is 58.4. The van der Waals surface area contributed by atoms with Gasteiger partial charge in [0.1, 0.15) is 13.2 Å². The fourth-order valence-corrected chi connectivity index (χ4v) is 8.22. The third-order valence-electron chi connectivity index (χ3n) is 12.3. The van der Waals surface area contributed by atoms with Crippen molar-refractivity contribution in [1.82, 2.24) is 0 Å². The minimum Gasteiger partial charge on any atom is -0.462 e. The van der Waals surface area contributed by atoms with Crippen molar-refractivity contribution < 1.29 is 28.6 Å². The largest absolute Gasteiger partial charge is 0.462 e. The zero-order valence-electron chi connectivity index (χ0n) is 40.9. The number of hydrogen-bond donors (Lipinski definition) is 0. The van der Waals surface area contributed by atoms with Gasteiger partial charge in [-0.2, -0.15) is 0 Å². The van der Waals surface area contributed by atoms with Gasteiger partial charge in [-0.3, -0.25) is 14.4 Å². The second kappa shape index (κ2) is 48.4. The molecule has 0 amide bonds. The lowest BCUT2D eigenvalue weighted by Gasteiger charge is -2.18. The molecule has 0 radical (unpaired) electrons. The summed E-state index contributed by atoms with van der Waals surface area (Å²) in [5.41, 5.74) is 0. The summed E-state index contributed by atoms with van der Waals surface area (Å²) in [6.45, 7) is 9.03. The van der Waals surface area contributed by atoms with Crippen molar-refractivity contribution in [2.24, 2.45) is 5.92 Å². The second-order valence-electron chi connectivity index (χ2n) is 19.0. The molecule has 0 saturated carbocycles. The van der Waals surface area contributed by atoms with Gasteiger partial charge in [0.15, 0.2) is 6.10 Å². The van der Waals surface area contributed by atoms with Crippen molar-refractivity contribution in [3.05, 3.63) is 0 Å². The van der Waals surface area contributed by atoms with Gasteiger partial charge in [0.25, 0.3) is 0 Å². The van der Waals surface area contributed by atoms with E-state index in [1.54, 1.807) is 0 Å². The summed E-state index contributed by atoms with van der Waals surface area (Å²) in [6, 6.07) is 0. The Balaban J connectivity index is 4.24. The quantitative estimate of drug-likeness (QED) is 0.0345. The Hall–Kier alpha value is -1.59. The predicted molar refractivity (Wildman–Crippen MR) is 257 cm³/mol. The minimum atomic E-state index is -0.760. The third kappa shape index (κ3) is 47.5. The van der Waals surface area contributed by atoms with E-state index in [1.807, 2.05) is 0 Å². The molecular formula is C54H104O6. The zero-order chi connectivity index (χ0) is 43.8. The molecule has 0 aliphatic heterocycles. The van der Waals surface area contributed by atoms with E-state index in [-0.39, 0.29) is 31.1 Å². The molecular weight excluding hydrogens is 745 g/mol. The molecule has 0 aromatic carbocycles. The van der Waals surface area contributed by atoms with Gasteiger partial charge in [-0.25, -0.2) is 0 Å². The van der Waals surface area contributed by atoms with Crippen LogP contribution < -0.4 is 0 Å². The van der Waals surface area contributed by atoms with Crippen LogP contribution >= 0.6 is 0 Å². The number of carbonyl (C=O) groups excluding carboxylic acids is 3. The molecule has 0 aromatic rings. The summed E-state index contributed by atoms with van der Waals surface area (Å²) in [6.07, 6.45) is 50.9. The van der Waals surface area contributed by atoms with Crippen molar-refractivity contribution in [2.45, 2.75) is 310 Å². The van der Waals surface area contributed by atoms with Crippen LogP contribution in [0.25, 0.3) is 0 Å². The van der Waals surface area contributed by atoms with Crippen LogP contribution in [0, 0.1) is 5.92 Å². The van der Waals surface area contributed by atoms with Gasteiger partial charge in [-0.05, 0) is 25.2 Å². The highest BCUT2D eigenvalue weighted by atomic mass is 16.6. The molecule has 6 nitrogen and oxygen atoms in total. The molecule has 0 aliphatic rings. The molecule has 0 rings (SSSR count). The average Bonchev–Trinajstić information content (AvgIpc) is 3.23. The van der Waals surface area contributed by atoms with Gasteiger partial charge in [-0.15, -0.1) is 0 Å². The Labute approximate surface area is 374 Å². The highest BCUT2D eigenvalue weighted by Crippen LogP contribution is 2.17. The van der Waals surface area contributed by atoms with E-state index in [9.17, 15) is 14.4 Å². The van der Waals surface area contributed by atoms with Crippen LogP contribution in [0.2, 0.25) is 0 Å². The van der Waals surface area contributed by atoms with Crippen LogP contribution in [0.1, 0.15) is 304 Å². The number of esters is 3. The molecule has 6 heteroatoms. The summed E-state index contributed by atoms with van der Waals surface area (Å²) in [4.78, 5) is 37.9. The van der Waals surface area contributed by atoms with E-state index in [0.29, 0.717) is 19.3 Å². The lowest BCUT2D eigenvalue weighted by Crippen LogP contribution is -2.30. The number of ether oxygens (including phenoxy) is 3. The van der Waals surface area contributed by atoms with Gasteiger partial charge in [0.2, 0.25) is 0 Å². The Morgan fingerprint density at radius 2 is 0.550 bits per heavy atom. The molecule has 0 heterocycles. The number of carbonyl (C=O) groups is 3. The third-order valence-corrected chi connectivity index (χ3v) is 12.3. The first-order valence-electron chi connectivity index (χ1n) is 26.9. The fraction of sp³-hybridized carbons (Fsp3) is 0.944. The molecule has 356 valence electrons. The Morgan fingerprint density at radius 1 is 0.317 bits per heavy atom. The van der Waals surface area contributed by atoms with E-state index in [4.69, 9.17) is 14.2 Å². The van der Waals surface area contributed by atoms with Crippen LogP contribution in [0.5, 0.6) is 0 Å². The molecule has 0 aromatic heterocycles.